The summed E-state index contributed by atoms with van der Waals surface area (Å²) in [4.78, 5) is 38.5. The van der Waals surface area contributed by atoms with Crippen molar-refractivity contribution < 1.29 is 14.4 Å². The van der Waals surface area contributed by atoms with Gasteiger partial charge in [0.1, 0.15) is 0 Å². The van der Waals surface area contributed by atoms with E-state index < -0.39 is 0 Å². The predicted octanol–water partition coefficient (Wildman–Crippen LogP) is 1.20. The Balaban J connectivity index is 1.87. The summed E-state index contributed by atoms with van der Waals surface area (Å²) in [6.07, 6.45) is 3.09. The van der Waals surface area contributed by atoms with Crippen LogP contribution in [0, 0.1) is 0 Å². The first-order valence-electron chi connectivity index (χ1n) is 7.40. The molecule has 0 atom stereocenters. The Morgan fingerprint density at radius 2 is 1.42 bits per heavy atom. The largest absolute Gasteiger partial charge is 0.355 e. The first kappa shape index (κ1) is 17.1. The van der Waals surface area contributed by atoms with E-state index in [9.17, 15) is 14.4 Å². The second kappa shape index (κ2) is 8.42. The summed E-state index contributed by atoms with van der Waals surface area (Å²) in [7, 11) is 0. The normalized spacial score (nSPS) is 9.88. The maximum Gasteiger partial charge on any atom is 0.255 e. The molecule has 24 heavy (non-hydrogen) atoms. The number of aromatic nitrogens is 1. The number of anilines is 1. The molecule has 7 nitrogen and oxygen atoms in total. The summed E-state index contributed by atoms with van der Waals surface area (Å²) in [5, 5.41) is 8.03. The van der Waals surface area contributed by atoms with Crippen molar-refractivity contribution in [1.82, 2.24) is 15.6 Å². The summed E-state index contributed by atoms with van der Waals surface area (Å²) in [6, 6.07) is 9.79. The number of rotatable bonds is 6. The molecule has 0 saturated carbocycles. The molecule has 0 bridgehead atoms. The minimum absolute atomic E-state index is 0.140. The summed E-state index contributed by atoms with van der Waals surface area (Å²) in [6.45, 7) is 2.14. The molecule has 0 spiro atoms. The van der Waals surface area contributed by atoms with Gasteiger partial charge >= 0.3 is 0 Å². The average molecular weight is 326 g/mol. The number of nitrogens with one attached hydrogen (secondary N) is 3. The van der Waals surface area contributed by atoms with E-state index in [1.807, 2.05) is 0 Å². The van der Waals surface area contributed by atoms with Crippen LogP contribution in [0.1, 0.15) is 27.6 Å². The first-order valence-corrected chi connectivity index (χ1v) is 7.40. The zero-order valence-electron chi connectivity index (χ0n) is 13.2. The molecule has 0 saturated heterocycles. The van der Waals surface area contributed by atoms with Gasteiger partial charge in [0.25, 0.3) is 11.8 Å². The molecule has 1 aromatic carbocycles. The highest BCUT2D eigenvalue weighted by atomic mass is 16.2. The van der Waals surface area contributed by atoms with E-state index in [0.717, 1.165) is 0 Å². The molecule has 124 valence electrons. The first-order chi connectivity index (χ1) is 11.6. The lowest BCUT2D eigenvalue weighted by atomic mass is 10.2. The van der Waals surface area contributed by atoms with Gasteiger partial charge in [0.2, 0.25) is 5.91 Å². The summed E-state index contributed by atoms with van der Waals surface area (Å²) >= 11 is 0. The molecule has 0 unspecified atom stereocenters. The molecular weight excluding hydrogens is 308 g/mol. The molecule has 2 aromatic rings. The monoisotopic (exact) mass is 326 g/mol. The van der Waals surface area contributed by atoms with E-state index in [1.54, 1.807) is 48.8 Å². The number of benzene rings is 1. The van der Waals surface area contributed by atoms with E-state index in [2.05, 4.69) is 20.9 Å². The third-order valence-corrected chi connectivity index (χ3v) is 3.13. The van der Waals surface area contributed by atoms with Crippen LogP contribution in [-0.2, 0) is 4.79 Å². The van der Waals surface area contributed by atoms with Crippen LogP contribution < -0.4 is 16.0 Å². The number of amides is 3. The summed E-state index contributed by atoms with van der Waals surface area (Å²) in [5.41, 5.74) is 1.57. The van der Waals surface area contributed by atoms with Gasteiger partial charge in [-0.15, -0.1) is 0 Å². The Hall–Kier alpha value is -3.22. The molecule has 0 fully saturated rings. The zero-order valence-corrected chi connectivity index (χ0v) is 13.2. The Morgan fingerprint density at radius 3 is 2.04 bits per heavy atom. The Labute approximate surface area is 139 Å². The van der Waals surface area contributed by atoms with Crippen LogP contribution in [0.4, 0.5) is 5.69 Å². The Kier molecular flexibility index (Phi) is 6.01. The molecule has 0 radical (unpaired) electrons. The smallest absolute Gasteiger partial charge is 0.255 e. The van der Waals surface area contributed by atoms with E-state index in [-0.39, 0.29) is 17.7 Å². The highest BCUT2D eigenvalue weighted by Gasteiger charge is 2.07. The van der Waals surface area contributed by atoms with Crippen molar-refractivity contribution in [3.05, 3.63) is 59.9 Å². The molecule has 0 aliphatic carbocycles. The van der Waals surface area contributed by atoms with Crippen molar-refractivity contribution in [3.8, 4) is 0 Å². The van der Waals surface area contributed by atoms with Gasteiger partial charge in [-0.2, -0.15) is 0 Å². The third-order valence-electron chi connectivity index (χ3n) is 3.13. The summed E-state index contributed by atoms with van der Waals surface area (Å²) < 4.78 is 0. The van der Waals surface area contributed by atoms with Crippen molar-refractivity contribution in [2.45, 2.75) is 6.92 Å². The molecule has 3 amide bonds. The van der Waals surface area contributed by atoms with E-state index in [1.165, 1.54) is 6.92 Å². The van der Waals surface area contributed by atoms with Crippen LogP contribution in [0.15, 0.2) is 48.8 Å². The van der Waals surface area contributed by atoms with Gasteiger partial charge in [0.05, 0.1) is 0 Å². The van der Waals surface area contributed by atoms with E-state index in [0.29, 0.717) is 29.9 Å². The van der Waals surface area contributed by atoms with Crippen LogP contribution in [0.3, 0.4) is 0 Å². The quantitative estimate of drug-likeness (QED) is 0.694. The lowest BCUT2D eigenvalue weighted by Crippen LogP contribution is -2.33. The van der Waals surface area contributed by atoms with Gasteiger partial charge in [0.15, 0.2) is 0 Å². The predicted molar refractivity (Wildman–Crippen MR) is 89.6 cm³/mol. The maximum absolute atomic E-state index is 12.0. The molecule has 2 rings (SSSR count). The van der Waals surface area contributed by atoms with Gasteiger partial charge < -0.3 is 16.0 Å². The lowest BCUT2D eigenvalue weighted by Gasteiger charge is -2.08. The van der Waals surface area contributed by atoms with E-state index in [4.69, 9.17) is 0 Å². The number of carbonyl (C=O) groups is 3. The second-order valence-corrected chi connectivity index (χ2v) is 5.01. The van der Waals surface area contributed by atoms with Gasteiger partial charge in [-0.05, 0) is 36.4 Å². The van der Waals surface area contributed by atoms with Crippen LogP contribution in [-0.4, -0.2) is 35.8 Å². The van der Waals surface area contributed by atoms with E-state index >= 15 is 0 Å². The van der Waals surface area contributed by atoms with Crippen LogP contribution >= 0.6 is 0 Å². The number of pyridine rings is 1. The number of nitrogens with zero attached hydrogens (tertiary/aromatic N) is 1. The lowest BCUT2D eigenvalue weighted by molar-refractivity contribution is -0.118. The fourth-order valence-electron chi connectivity index (χ4n) is 1.93. The fourth-order valence-corrected chi connectivity index (χ4v) is 1.93. The number of hydrogen-bond acceptors (Lipinski definition) is 4. The van der Waals surface area contributed by atoms with Gasteiger partial charge in [-0.25, -0.2) is 0 Å². The second-order valence-electron chi connectivity index (χ2n) is 5.01. The third kappa shape index (κ3) is 5.20. The average Bonchev–Trinajstić information content (AvgIpc) is 2.59. The van der Waals surface area contributed by atoms with Crippen LogP contribution in [0.25, 0.3) is 0 Å². The Morgan fingerprint density at radius 1 is 0.833 bits per heavy atom. The molecule has 1 heterocycles. The zero-order chi connectivity index (χ0) is 17.4. The topological polar surface area (TPSA) is 100 Å². The number of carbonyl (C=O) groups excluding carboxylic acids is 3. The van der Waals surface area contributed by atoms with Gasteiger partial charge in [-0.1, -0.05) is 0 Å². The Bertz CT molecular complexity index is 714. The number of hydrogen-bond donors (Lipinski definition) is 3. The van der Waals surface area contributed by atoms with Crippen LogP contribution in [0.2, 0.25) is 0 Å². The minimum Gasteiger partial charge on any atom is -0.355 e. The molecule has 0 aliphatic rings. The van der Waals surface area contributed by atoms with Gasteiger partial charge in [-0.3, -0.25) is 19.4 Å². The molecule has 1 aromatic heterocycles. The molecular formula is C17H18N4O3. The van der Waals surface area contributed by atoms with Gasteiger partial charge in [0, 0.05) is 49.2 Å². The molecule has 0 aliphatic heterocycles. The van der Waals surface area contributed by atoms with Crippen molar-refractivity contribution in [2.75, 3.05) is 18.4 Å². The molecule has 3 N–H and O–H groups in total. The van der Waals surface area contributed by atoms with Crippen molar-refractivity contribution in [1.29, 1.82) is 0 Å². The van der Waals surface area contributed by atoms with Crippen molar-refractivity contribution in [2.24, 2.45) is 0 Å². The standard InChI is InChI=1S/C17H18N4O3/c1-12(22)19-10-11-20-16(23)13-2-4-15(5-3-13)21-17(24)14-6-8-18-9-7-14/h2-9H,10-11H2,1H3,(H,19,22)(H,20,23)(H,21,24). The van der Waals surface area contributed by atoms with Crippen LogP contribution in [0.5, 0.6) is 0 Å². The SMILES string of the molecule is CC(=O)NCCNC(=O)c1ccc(NC(=O)c2ccncc2)cc1. The highest BCUT2D eigenvalue weighted by molar-refractivity contribution is 6.04. The maximum atomic E-state index is 12.0. The summed E-state index contributed by atoms with van der Waals surface area (Å²) in [5.74, 6) is -0.629. The van der Waals surface area contributed by atoms with Crippen molar-refractivity contribution in [3.63, 3.8) is 0 Å². The minimum atomic E-state index is -0.245. The van der Waals surface area contributed by atoms with Crippen molar-refractivity contribution >= 4 is 23.4 Å². The highest BCUT2D eigenvalue weighted by Crippen LogP contribution is 2.11. The molecule has 7 heteroatoms. The fraction of sp³-hybridized carbons (Fsp3) is 0.176.